The number of aromatic nitrogens is 1. The molecule has 3 aromatic rings. The number of nitrogens with one attached hydrogen (secondary N) is 1. The average molecular weight is 393 g/mol. The fourth-order valence-electron chi connectivity index (χ4n) is 1.96. The van der Waals surface area contributed by atoms with Crippen molar-refractivity contribution in [2.75, 3.05) is 0 Å². The van der Waals surface area contributed by atoms with Crippen LogP contribution in [0.2, 0.25) is 0 Å². The molecule has 0 aliphatic heterocycles. The average Bonchev–Trinajstić information content (AvgIpc) is 3.15. The Labute approximate surface area is 145 Å². The van der Waals surface area contributed by atoms with Gasteiger partial charge < -0.3 is 5.32 Å². The van der Waals surface area contributed by atoms with Gasteiger partial charge in [-0.2, -0.15) is 0 Å². The van der Waals surface area contributed by atoms with Crippen LogP contribution in [0, 0.1) is 6.92 Å². The Bertz CT molecular complexity index is 779. The first-order valence-corrected chi connectivity index (χ1v) is 9.16. The van der Waals surface area contributed by atoms with Crippen molar-refractivity contribution in [3.8, 4) is 9.88 Å². The summed E-state index contributed by atoms with van der Waals surface area (Å²) in [6.07, 6.45) is 0. The van der Waals surface area contributed by atoms with Gasteiger partial charge in [0.25, 0.3) is 5.91 Å². The molecule has 0 aliphatic carbocycles. The Morgan fingerprint density at radius 1 is 1.27 bits per heavy atom. The molecule has 0 radical (unpaired) electrons. The lowest BCUT2D eigenvalue weighted by Crippen LogP contribution is -2.22. The van der Waals surface area contributed by atoms with Crippen molar-refractivity contribution in [1.29, 1.82) is 0 Å². The number of nitrogens with zero attached hydrogens (tertiary/aromatic N) is 1. The van der Waals surface area contributed by atoms with Crippen LogP contribution in [0.5, 0.6) is 0 Å². The zero-order chi connectivity index (χ0) is 15.5. The van der Waals surface area contributed by atoms with Gasteiger partial charge in [0.05, 0.1) is 17.1 Å². The Morgan fingerprint density at radius 2 is 2.05 bits per heavy atom. The van der Waals surface area contributed by atoms with Crippen LogP contribution < -0.4 is 5.32 Å². The number of rotatable bonds is 4. The summed E-state index contributed by atoms with van der Waals surface area (Å²) in [4.78, 5) is 19.0. The lowest BCUT2D eigenvalue weighted by molar-refractivity contribution is 0.0951. The van der Waals surface area contributed by atoms with E-state index in [0.29, 0.717) is 12.1 Å². The number of hydrogen-bond donors (Lipinski definition) is 1. The molecule has 1 aromatic carbocycles. The largest absolute Gasteiger partial charge is 0.347 e. The molecule has 1 amide bonds. The van der Waals surface area contributed by atoms with Gasteiger partial charge in [-0.05, 0) is 42.6 Å². The number of aryl methyl sites for hydroxylation is 1. The minimum atomic E-state index is -0.0713. The topological polar surface area (TPSA) is 42.0 Å². The quantitative estimate of drug-likeness (QED) is 0.687. The molecule has 0 aliphatic rings. The first-order valence-electron chi connectivity index (χ1n) is 6.67. The second kappa shape index (κ2) is 6.73. The maximum absolute atomic E-state index is 12.1. The number of carbonyl (C=O) groups is 1. The molecule has 0 spiro atoms. The molecule has 3 rings (SSSR count). The minimum Gasteiger partial charge on any atom is -0.347 e. The summed E-state index contributed by atoms with van der Waals surface area (Å²) in [5.41, 5.74) is 1.63. The van der Waals surface area contributed by atoms with E-state index in [9.17, 15) is 4.79 Å². The lowest BCUT2D eigenvalue weighted by Gasteiger charge is -2.04. The summed E-state index contributed by atoms with van der Waals surface area (Å²) in [6.45, 7) is 2.48. The fraction of sp³-hybridized carbons (Fsp3) is 0.125. The molecule has 0 atom stereocenters. The number of thiazole rings is 1. The maximum atomic E-state index is 12.1. The Balaban J connectivity index is 1.69. The van der Waals surface area contributed by atoms with Crippen LogP contribution in [0.4, 0.5) is 0 Å². The lowest BCUT2D eigenvalue weighted by atomic mass is 10.2. The van der Waals surface area contributed by atoms with Crippen LogP contribution >= 0.6 is 38.6 Å². The van der Waals surface area contributed by atoms with Gasteiger partial charge in [0, 0.05) is 14.9 Å². The summed E-state index contributed by atoms with van der Waals surface area (Å²) >= 11 is 6.67. The van der Waals surface area contributed by atoms with Crippen molar-refractivity contribution in [3.05, 3.63) is 62.4 Å². The summed E-state index contributed by atoms with van der Waals surface area (Å²) < 4.78 is 0.961. The number of benzene rings is 1. The summed E-state index contributed by atoms with van der Waals surface area (Å²) in [6, 6.07) is 11.4. The van der Waals surface area contributed by atoms with Crippen molar-refractivity contribution < 1.29 is 4.79 Å². The molecular formula is C16H13BrN2OS2. The number of hydrogen-bond acceptors (Lipinski definition) is 4. The molecule has 1 N–H and O–H groups in total. The number of halogens is 1. The molecule has 0 bridgehead atoms. The van der Waals surface area contributed by atoms with E-state index < -0.39 is 0 Å². The van der Waals surface area contributed by atoms with Gasteiger partial charge in [-0.3, -0.25) is 4.79 Å². The molecule has 6 heteroatoms. The third-order valence-electron chi connectivity index (χ3n) is 3.14. The second-order valence-electron chi connectivity index (χ2n) is 4.69. The van der Waals surface area contributed by atoms with E-state index in [1.807, 2.05) is 30.5 Å². The van der Waals surface area contributed by atoms with E-state index in [1.54, 1.807) is 34.8 Å². The first kappa shape index (κ1) is 15.4. The smallest absolute Gasteiger partial charge is 0.251 e. The molecule has 0 saturated carbocycles. The molecule has 0 saturated heterocycles. The monoisotopic (exact) mass is 392 g/mol. The van der Waals surface area contributed by atoms with E-state index in [-0.39, 0.29) is 5.91 Å². The van der Waals surface area contributed by atoms with Crippen LogP contribution in [0.25, 0.3) is 9.88 Å². The van der Waals surface area contributed by atoms with Crippen molar-refractivity contribution in [3.63, 3.8) is 0 Å². The number of amides is 1. The third-order valence-corrected chi connectivity index (χ3v) is 5.87. The van der Waals surface area contributed by atoms with Crippen molar-refractivity contribution >= 4 is 44.5 Å². The molecule has 2 heterocycles. The van der Waals surface area contributed by atoms with E-state index >= 15 is 0 Å². The molecular weight excluding hydrogens is 380 g/mol. The summed E-state index contributed by atoms with van der Waals surface area (Å²) in [5, 5.41) is 6.01. The fourth-order valence-corrected chi connectivity index (χ4v) is 4.02. The third kappa shape index (κ3) is 3.45. The predicted molar refractivity (Wildman–Crippen MR) is 95.5 cm³/mol. The predicted octanol–water partition coefficient (Wildman–Crippen LogP) is 4.87. The van der Waals surface area contributed by atoms with Crippen molar-refractivity contribution in [2.24, 2.45) is 0 Å². The van der Waals surface area contributed by atoms with E-state index in [1.165, 1.54) is 4.88 Å². The Morgan fingerprint density at radius 3 is 2.73 bits per heavy atom. The molecule has 22 heavy (non-hydrogen) atoms. The maximum Gasteiger partial charge on any atom is 0.251 e. The normalized spacial score (nSPS) is 10.6. The van der Waals surface area contributed by atoms with Gasteiger partial charge in [-0.15, -0.1) is 22.7 Å². The Kier molecular flexibility index (Phi) is 4.71. The summed E-state index contributed by atoms with van der Waals surface area (Å²) in [7, 11) is 0. The SMILES string of the molecule is Cc1nc(-c2cccs2)sc1CNC(=O)c1ccc(Br)cc1. The summed E-state index contributed by atoms with van der Waals surface area (Å²) in [5.74, 6) is -0.0713. The van der Waals surface area contributed by atoms with E-state index in [0.717, 1.165) is 20.1 Å². The van der Waals surface area contributed by atoms with E-state index in [2.05, 4.69) is 32.3 Å². The van der Waals surface area contributed by atoms with Crippen LogP contribution in [0.15, 0.2) is 46.3 Å². The van der Waals surface area contributed by atoms with Gasteiger partial charge in [-0.25, -0.2) is 4.98 Å². The van der Waals surface area contributed by atoms with Crippen molar-refractivity contribution in [1.82, 2.24) is 10.3 Å². The molecule has 0 fully saturated rings. The number of carbonyl (C=O) groups excluding carboxylic acids is 1. The molecule has 112 valence electrons. The second-order valence-corrected chi connectivity index (χ2v) is 7.64. The van der Waals surface area contributed by atoms with Gasteiger partial charge in [0.2, 0.25) is 0 Å². The highest BCUT2D eigenvalue weighted by Crippen LogP contribution is 2.30. The highest BCUT2D eigenvalue weighted by atomic mass is 79.9. The first-order chi connectivity index (χ1) is 10.6. The van der Waals surface area contributed by atoms with Gasteiger partial charge in [-0.1, -0.05) is 22.0 Å². The van der Waals surface area contributed by atoms with E-state index in [4.69, 9.17) is 0 Å². The molecule has 2 aromatic heterocycles. The van der Waals surface area contributed by atoms with Gasteiger partial charge >= 0.3 is 0 Å². The zero-order valence-electron chi connectivity index (χ0n) is 11.8. The van der Waals surface area contributed by atoms with Crippen molar-refractivity contribution in [2.45, 2.75) is 13.5 Å². The van der Waals surface area contributed by atoms with Crippen LogP contribution in [-0.2, 0) is 6.54 Å². The number of thiophene rings is 1. The van der Waals surface area contributed by atoms with Gasteiger partial charge in [0.1, 0.15) is 5.01 Å². The molecule has 0 unspecified atom stereocenters. The van der Waals surface area contributed by atoms with Crippen LogP contribution in [0.3, 0.4) is 0 Å². The van der Waals surface area contributed by atoms with Gasteiger partial charge in [0.15, 0.2) is 0 Å². The van der Waals surface area contributed by atoms with Crippen LogP contribution in [-0.4, -0.2) is 10.9 Å². The molecule has 3 nitrogen and oxygen atoms in total. The highest BCUT2D eigenvalue weighted by molar-refractivity contribution is 9.10. The Hall–Kier alpha value is -1.50. The standard InChI is InChI=1S/C16H13BrN2OS2/c1-10-14(22-16(19-10)13-3-2-8-21-13)9-18-15(20)11-4-6-12(17)7-5-11/h2-8H,9H2,1H3,(H,18,20). The zero-order valence-corrected chi connectivity index (χ0v) is 15.0. The minimum absolute atomic E-state index is 0.0713. The highest BCUT2D eigenvalue weighted by Gasteiger charge is 2.12. The van der Waals surface area contributed by atoms with Crippen LogP contribution in [0.1, 0.15) is 20.9 Å².